The first kappa shape index (κ1) is 21.0. The number of phenolic OH excluding ortho intramolecular Hbond substituents is 1. The largest absolute Gasteiger partial charge is 0.508 e. The SMILES string of the molecule is CCCn1c(CCCc2ccc(O)cc2)c(C)n(Cc2ccc(C)c(C)c2)c1=O. The van der Waals surface area contributed by atoms with Gasteiger partial charge in [0.05, 0.1) is 6.54 Å². The molecule has 0 fully saturated rings. The van der Waals surface area contributed by atoms with Crippen LogP contribution in [0.3, 0.4) is 0 Å². The Morgan fingerprint density at radius 1 is 0.862 bits per heavy atom. The molecular formula is C25H32N2O2. The zero-order valence-electron chi connectivity index (χ0n) is 18.0. The van der Waals surface area contributed by atoms with E-state index in [-0.39, 0.29) is 5.69 Å². The Labute approximate surface area is 173 Å². The van der Waals surface area contributed by atoms with E-state index in [1.807, 2.05) is 21.3 Å². The molecule has 4 heteroatoms. The maximum Gasteiger partial charge on any atom is 0.328 e. The Kier molecular flexibility index (Phi) is 6.63. The predicted octanol–water partition coefficient (Wildman–Crippen LogP) is 4.91. The van der Waals surface area contributed by atoms with Crippen LogP contribution in [0.4, 0.5) is 0 Å². The van der Waals surface area contributed by atoms with Crippen LogP contribution in [0.25, 0.3) is 0 Å². The van der Waals surface area contributed by atoms with Crippen LogP contribution in [0.5, 0.6) is 5.75 Å². The van der Waals surface area contributed by atoms with Crippen molar-refractivity contribution in [1.29, 1.82) is 0 Å². The van der Waals surface area contributed by atoms with Gasteiger partial charge >= 0.3 is 5.69 Å². The lowest BCUT2D eigenvalue weighted by Gasteiger charge is -2.09. The van der Waals surface area contributed by atoms with E-state index in [9.17, 15) is 9.90 Å². The first-order chi connectivity index (χ1) is 13.9. The van der Waals surface area contributed by atoms with Crippen molar-refractivity contribution in [3.8, 4) is 5.75 Å². The van der Waals surface area contributed by atoms with E-state index >= 15 is 0 Å². The molecule has 0 bridgehead atoms. The molecule has 0 aliphatic carbocycles. The number of rotatable bonds is 8. The molecule has 154 valence electrons. The van der Waals surface area contributed by atoms with Crippen LogP contribution >= 0.6 is 0 Å². The molecule has 3 rings (SSSR count). The molecule has 0 aliphatic rings. The van der Waals surface area contributed by atoms with Gasteiger partial charge in [0.1, 0.15) is 5.75 Å². The lowest BCUT2D eigenvalue weighted by atomic mass is 10.1. The van der Waals surface area contributed by atoms with E-state index in [0.717, 1.165) is 43.6 Å². The summed E-state index contributed by atoms with van der Waals surface area (Å²) in [7, 11) is 0. The first-order valence-corrected chi connectivity index (χ1v) is 10.5. The zero-order valence-corrected chi connectivity index (χ0v) is 18.0. The van der Waals surface area contributed by atoms with Crippen LogP contribution in [0.1, 0.15) is 53.4 Å². The fourth-order valence-corrected chi connectivity index (χ4v) is 3.92. The van der Waals surface area contributed by atoms with Crippen molar-refractivity contribution in [2.45, 2.75) is 66.5 Å². The number of nitrogens with zero attached hydrogens (tertiary/aromatic N) is 2. The monoisotopic (exact) mass is 392 g/mol. The molecule has 0 amide bonds. The quantitative estimate of drug-likeness (QED) is 0.592. The topological polar surface area (TPSA) is 47.2 Å². The van der Waals surface area contributed by atoms with E-state index in [1.54, 1.807) is 12.1 Å². The van der Waals surface area contributed by atoms with Gasteiger partial charge in [0.15, 0.2) is 0 Å². The molecule has 0 spiro atoms. The van der Waals surface area contributed by atoms with Gasteiger partial charge in [-0.25, -0.2) is 4.79 Å². The maximum absolute atomic E-state index is 13.1. The van der Waals surface area contributed by atoms with Gasteiger partial charge < -0.3 is 5.11 Å². The van der Waals surface area contributed by atoms with Crippen LogP contribution in [0.15, 0.2) is 47.3 Å². The number of benzene rings is 2. The van der Waals surface area contributed by atoms with E-state index < -0.39 is 0 Å². The van der Waals surface area contributed by atoms with Crippen molar-refractivity contribution >= 4 is 0 Å². The van der Waals surface area contributed by atoms with Crippen LogP contribution in [0, 0.1) is 20.8 Å². The lowest BCUT2D eigenvalue weighted by Crippen LogP contribution is -2.26. The van der Waals surface area contributed by atoms with Crippen LogP contribution in [-0.2, 0) is 25.9 Å². The summed E-state index contributed by atoms with van der Waals surface area (Å²) >= 11 is 0. The summed E-state index contributed by atoms with van der Waals surface area (Å²) in [6.45, 7) is 9.79. The van der Waals surface area contributed by atoms with Crippen molar-refractivity contribution < 1.29 is 5.11 Å². The highest BCUT2D eigenvalue weighted by molar-refractivity contribution is 5.31. The summed E-state index contributed by atoms with van der Waals surface area (Å²) in [5.74, 6) is 0.296. The highest BCUT2D eigenvalue weighted by Gasteiger charge is 2.16. The highest BCUT2D eigenvalue weighted by Crippen LogP contribution is 2.17. The number of aryl methyl sites for hydroxylation is 3. The minimum atomic E-state index is 0.0993. The molecule has 29 heavy (non-hydrogen) atoms. The Hall–Kier alpha value is -2.75. The van der Waals surface area contributed by atoms with Crippen molar-refractivity contribution in [2.75, 3.05) is 0 Å². The molecule has 3 aromatic rings. The summed E-state index contributed by atoms with van der Waals surface area (Å²) in [6, 6.07) is 13.8. The summed E-state index contributed by atoms with van der Waals surface area (Å²) in [6.07, 6.45) is 3.73. The standard InChI is InChI=1S/C25H32N2O2/c1-5-15-26-24(8-6-7-21-11-13-23(28)14-12-21)20(4)27(25(26)29)17-22-10-9-18(2)19(3)16-22/h9-14,16,28H,5-8,15,17H2,1-4H3. The van der Waals surface area contributed by atoms with Crippen molar-refractivity contribution in [2.24, 2.45) is 0 Å². The number of imidazole rings is 1. The third-order valence-corrected chi connectivity index (χ3v) is 5.78. The van der Waals surface area contributed by atoms with Crippen LogP contribution in [0.2, 0.25) is 0 Å². The Bertz CT molecular complexity index is 1030. The molecule has 0 saturated heterocycles. The minimum Gasteiger partial charge on any atom is -0.508 e. The Morgan fingerprint density at radius 3 is 2.21 bits per heavy atom. The molecule has 4 nitrogen and oxygen atoms in total. The highest BCUT2D eigenvalue weighted by atomic mass is 16.3. The molecule has 1 N–H and O–H groups in total. The number of hydrogen-bond donors (Lipinski definition) is 1. The van der Waals surface area contributed by atoms with E-state index in [1.165, 1.54) is 22.3 Å². The Morgan fingerprint density at radius 2 is 1.55 bits per heavy atom. The van der Waals surface area contributed by atoms with E-state index in [2.05, 4.69) is 45.9 Å². The van der Waals surface area contributed by atoms with Gasteiger partial charge in [-0.15, -0.1) is 0 Å². The number of aromatic nitrogens is 2. The molecular weight excluding hydrogens is 360 g/mol. The zero-order chi connectivity index (χ0) is 21.0. The first-order valence-electron chi connectivity index (χ1n) is 10.5. The van der Waals surface area contributed by atoms with Crippen molar-refractivity contribution in [3.63, 3.8) is 0 Å². The number of phenols is 1. The van der Waals surface area contributed by atoms with Gasteiger partial charge in [0, 0.05) is 17.9 Å². The average molecular weight is 393 g/mol. The molecule has 2 aromatic carbocycles. The minimum absolute atomic E-state index is 0.0993. The van der Waals surface area contributed by atoms with E-state index in [4.69, 9.17) is 0 Å². The normalized spacial score (nSPS) is 11.2. The Balaban J connectivity index is 1.82. The van der Waals surface area contributed by atoms with Crippen molar-refractivity contribution in [1.82, 2.24) is 9.13 Å². The van der Waals surface area contributed by atoms with E-state index in [0.29, 0.717) is 12.3 Å². The molecule has 1 heterocycles. The van der Waals surface area contributed by atoms with Crippen LogP contribution < -0.4 is 5.69 Å². The van der Waals surface area contributed by atoms with Crippen molar-refractivity contribution in [3.05, 3.63) is 86.6 Å². The smallest absolute Gasteiger partial charge is 0.328 e. The summed E-state index contributed by atoms with van der Waals surface area (Å²) < 4.78 is 3.89. The maximum atomic E-state index is 13.1. The van der Waals surface area contributed by atoms with Crippen LogP contribution in [-0.4, -0.2) is 14.2 Å². The molecule has 1 aromatic heterocycles. The van der Waals surface area contributed by atoms with Gasteiger partial charge in [-0.2, -0.15) is 0 Å². The molecule has 0 aliphatic heterocycles. The molecule has 0 saturated carbocycles. The summed E-state index contributed by atoms with van der Waals surface area (Å²) in [4.78, 5) is 13.1. The molecule has 0 atom stereocenters. The van der Waals surface area contributed by atoms with Gasteiger partial charge in [-0.1, -0.05) is 37.3 Å². The van der Waals surface area contributed by atoms with Gasteiger partial charge in [0.25, 0.3) is 0 Å². The lowest BCUT2D eigenvalue weighted by molar-refractivity contribution is 0.475. The summed E-state index contributed by atoms with van der Waals surface area (Å²) in [5, 5.41) is 9.44. The fraction of sp³-hybridized carbons (Fsp3) is 0.400. The number of aromatic hydroxyl groups is 1. The second kappa shape index (κ2) is 9.17. The second-order valence-electron chi connectivity index (χ2n) is 7.99. The third kappa shape index (κ3) is 4.81. The second-order valence-corrected chi connectivity index (χ2v) is 7.99. The average Bonchev–Trinajstić information content (AvgIpc) is 2.91. The summed E-state index contributed by atoms with van der Waals surface area (Å²) in [5.41, 5.74) is 7.24. The fourth-order valence-electron chi connectivity index (χ4n) is 3.92. The number of hydrogen-bond acceptors (Lipinski definition) is 2. The van der Waals surface area contributed by atoms with Gasteiger partial charge in [0.2, 0.25) is 0 Å². The predicted molar refractivity (Wildman–Crippen MR) is 119 cm³/mol. The van der Waals surface area contributed by atoms with Gasteiger partial charge in [-0.05, 0) is 80.8 Å². The van der Waals surface area contributed by atoms with Gasteiger partial charge in [-0.3, -0.25) is 9.13 Å². The third-order valence-electron chi connectivity index (χ3n) is 5.78. The molecule has 0 radical (unpaired) electrons. The molecule has 0 unspecified atom stereocenters.